The summed E-state index contributed by atoms with van der Waals surface area (Å²) < 4.78 is 33.3. The summed E-state index contributed by atoms with van der Waals surface area (Å²) in [6.45, 7) is 1.32. The lowest BCUT2D eigenvalue weighted by molar-refractivity contribution is -0.155. The summed E-state index contributed by atoms with van der Waals surface area (Å²) in [5, 5.41) is 2.96. The first-order valence-corrected chi connectivity index (χ1v) is 11.4. The first-order valence-electron chi connectivity index (χ1n) is 9.93. The summed E-state index contributed by atoms with van der Waals surface area (Å²) in [6.07, 6.45) is 5.54. The summed E-state index contributed by atoms with van der Waals surface area (Å²) >= 11 is 0. The lowest BCUT2D eigenvalue weighted by Gasteiger charge is -2.21. The predicted octanol–water partition coefficient (Wildman–Crippen LogP) is 1.84. The minimum atomic E-state index is -3.76. The van der Waals surface area contributed by atoms with Crippen molar-refractivity contribution in [1.82, 2.24) is 10.2 Å². The summed E-state index contributed by atoms with van der Waals surface area (Å²) in [4.78, 5) is 26.2. The molecule has 8 nitrogen and oxygen atoms in total. The van der Waals surface area contributed by atoms with Crippen molar-refractivity contribution in [3.05, 3.63) is 29.8 Å². The maximum atomic E-state index is 12.3. The van der Waals surface area contributed by atoms with Gasteiger partial charge >= 0.3 is 5.97 Å². The van der Waals surface area contributed by atoms with E-state index in [2.05, 4.69) is 9.71 Å². The predicted molar refractivity (Wildman–Crippen MR) is 108 cm³/mol. The summed E-state index contributed by atoms with van der Waals surface area (Å²) in [7, 11) is -2.20. The number of likely N-dealkylation sites (N-methyl/N-ethyl adjacent to an activating group) is 1. The zero-order valence-corrected chi connectivity index (χ0v) is 17.6. The van der Waals surface area contributed by atoms with Crippen LogP contribution in [0.4, 0.5) is 0 Å². The third kappa shape index (κ3) is 5.14. The number of benzene rings is 1. The van der Waals surface area contributed by atoms with E-state index >= 15 is 0 Å². The van der Waals surface area contributed by atoms with Crippen molar-refractivity contribution < 1.29 is 22.7 Å². The maximum Gasteiger partial charge on any atom is 0.326 e. The van der Waals surface area contributed by atoms with Crippen molar-refractivity contribution in [2.24, 2.45) is 4.40 Å². The van der Waals surface area contributed by atoms with Gasteiger partial charge in [0.25, 0.3) is 15.9 Å². The Balaban J connectivity index is 1.55. The fourth-order valence-electron chi connectivity index (χ4n) is 3.66. The average molecular weight is 422 g/mol. The molecule has 2 aliphatic rings. The second kappa shape index (κ2) is 8.94. The molecular formula is C20H27N3O5S. The second-order valence-electron chi connectivity index (χ2n) is 7.57. The molecule has 1 atom stereocenters. The van der Waals surface area contributed by atoms with Gasteiger partial charge in [0, 0.05) is 18.7 Å². The zero-order chi connectivity index (χ0) is 21.0. The number of amides is 1. The number of ether oxygens (including phenoxy) is 1. The van der Waals surface area contributed by atoms with E-state index in [-0.39, 0.29) is 29.2 Å². The topological polar surface area (TPSA) is 105 Å². The van der Waals surface area contributed by atoms with Crippen molar-refractivity contribution in [2.45, 2.75) is 62.5 Å². The molecule has 158 valence electrons. The fraction of sp³-hybridized carbons (Fsp3) is 0.550. The average Bonchev–Trinajstić information content (AvgIpc) is 2.82. The molecule has 0 spiro atoms. The van der Waals surface area contributed by atoms with E-state index in [1.807, 2.05) is 0 Å². The van der Waals surface area contributed by atoms with Gasteiger partial charge in [-0.1, -0.05) is 37.8 Å². The van der Waals surface area contributed by atoms with Crippen LogP contribution in [0.2, 0.25) is 0 Å². The Bertz CT molecular complexity index is 904. The highest BCUT2D eigenvalue weighted by Crippen LogP contribution is 2.26. The van der Waals surface area contributed by atoms with Crippen LogP contribution in [0.5, 0.6) is 0 Å². The minimum Gasteiger partial charge on any atom is -0.451 e. The Morgan fingerprint density at radius 1 is 1.21 bits per heavy atom. The van der Waals surface area contributed by atoms with Crippen molar-refractivity contribution in [1.29, 1.82) is 0 Å². The van der Waals surface area contributed by atoms with Crippen molar-refractivity contribution in [2.75, 3.05) is 13.6 Å². The second-order valence-corrected chi connectivity index (χ2v) is 9.14. The van der Waals surface area contributed by atoms with Gasteiger partial charge in [-0.25, -0.2) is 0 Å². The molecule has 1 heterocycles. The molecule has 29 heavy (non-hydrogen) atoms. The van der Waals surface area contributed by atoms with Gasteiger partial charge in [-0.15, -0.1) is 4.40 Å². The first kappa shape index (κ1) is 21.3. The van der Waals surface area contributed by atoms with E-state index in [0.717, 1.165) is 25.7 Å². The molecule has 9 heteroatoms. The van der Waals surface area contributed by atoms with Gasteiger partial charge < -0.3 is 15.0 Å². The molecule has 1 aromatic rings. The molecule has 0 saturated heterocycles. The van der Waals surface area contributed by atoms with Crippen LogP contribution in [0.3, 0.4) is 0 Å². The van der Waals surface area contributed by atoms with Crippen LogP contribution in [0, 0.1) is 0 Å². The summed E-state index contributed by atoms with van der Waals surface area (Å²) in [5.74, 6) is -0.743. The quantitative estimate of drug-likeness (QED) is 0.575. The standard InChI is InChI=1S/C20H27N3O5S/c1-14(20(25)21-15-9-5-3-4-6-10-15)28-18(24)13-23(2)19-16-11-7-8-12-17(16)29(26,27)22-19/h7-8,11-12,14-15H,3-6,9-10,13H2,1-2H3,(H,21,25)/t14-/m0/s1. The van der Waals surface area contributed by atoms with Crippen LogP contribution >= 0.6 is 0 Å². The van der Waals surface area contributed by atoms with E-state index in [4.69, 9.17) is 4.74 Å². The van der Waals surface area contributed by atoms with Gasteiger partial charge in [0.05, 0.1) is 0 Å². The number of amidine groups is 1. The van der Waals surface area contributed by atoms with Crippen LogP contribution in [-0.2, 0) is 24.3 Å². The van der Waals surface area contributed by atoms with Crippen molar-refractivity contribution in [3.63, 3.8) is 0 Å². The summed E-state index contributed by atoms with van der Waals surface area (Å²) in [5.41, 5.74) is 0.446. The van der Waals surface area contributed by atoms with Gasteiger partial charge in [-0.3, -0.25) is 9.59 Å². The number of carbonyl (C=O) groups is 2. The third-order valence-corrected chi connectivity index (χ3v) is 6.54. The molecule has 0 unspecified atom stereocenters. The maximum absolute atomic E-state index is 12.3. The molecule has 1 amide bonds. The van der Waals surface area contributed by atoms with Crippen LogP contribution in [0.1, 0.15) is 51.0 Å². The Morgan fingerprint density at radius 2 is 1.86 bits per heavy atom. The van der Waals surface area contributed by atoms with E-state index in [0.29, 0.717) is 5.56 Å². The number of nitrogens with zero attached hydrogens (tertiary/aromatic N) is 2. The van der Waals surface area contributed by atoms with Gasteiger partial charge in [0.2, 0.25) is 0 Å². The third-order valence-electron chi connectivity index (χ3n) is 5.22. The van der Waals surface area contributed by atoms with Gasteiger partial charge in [0.15, 0.2) is 11.9 Å². The molecule has 0 bridgehead atoms. The molecule has 1 aliphatic carbocycles. The normalized spacial score (nSPS) is 19.4. The van der Waals surface area contributed by atoms with E-state index in [1.165, 1.54) is 30.7 Å². The number of carbonyl (C=O) groups excluding carboxylic acids is 2. The van der Waals surface area contributed by atoms with E-state index in [1.54, 1.807) is 25.2 Å². The Kier molecular flexibility index (Phi) is 6.56. The number of hydrogen-bond acceptors (Lipinski definition) is 6. The monoisotopic (exact) mass is 421 g/mol. The summed E-state index contributed by atoms with van der Waals surface area (Å²) in [6, 6.07) is 6.58. The highest BCUT2D eigenvalue weighted by Gasteiger charge is 2.31. The highest BCUT2D eigenvalue weighted by atomic mass is 32.2. The smallest absolute Gasteiger partial charge is 0.326 e. The lowest BCUT2D eigenvalue weighted by atomic mass is 10.1. The molecular weight excluding hydrogens is 394 g/mol. The SMILES string of the molecule is C[C@H](OC(=O)CN(C)C1=NS(=O)(=O)c2ccccc21)C(=O)NC1CCCCCC1. The van der Waals surface area contributed by atoms with Crippen LogP contribution in [-0.4, -0.2) is 56.8 Å². The molecule has 1 aliphatic heterocycles. The Hall–Kier alpha value is -2.42. The van der Waals surface area contributed by atoms with Crippen LogP contribution in [0.15, 0.2) is 33.6 Å². The Morgan fingerprint density at radius 3 is 2.55 bits per heavy atom. The molecule has 1 fully saturated rings. The van der Waals surface area contributed by atoms with E-state index in [9.17, 15) is 18.0 Å². The number of nitrogens with one attached hydrogen (secondary N) is 1. The lowest BCUT2D eigenvalue weighted by Crippen LogP contribution is -2.43. The largest absolute Gasteiger partial charge is 0.451 e. The van der Waals surface area contributed by atoms with Crippen molar-refractivity contribution in [3.8, 4) is 0 Å². The van der Waals surface area contributed by atoms with Crippen molar-refractivity contribution >= 4 is 27.7 Å². The van der Waals surface area contributed by atoms with Gasteiger partial charge in [-0.05, 0) is 31.9 Å². The molecule has 1 N–H and O–H groups in total. The Labute approximate surface area is 171 Å². The number of hydrogen-bond donors (Lipinski definition) is 1. The minimum absolute atomic E-state index is 0.117. The zero-order valence-electron chi connectivity index (χ0n) is 16.8. The fourth-order valence-corrected chi connectivity index (χ4v) is 4.91. The van der Waals surface area contributed by atoms with Crippen LogP contribution in [0.25, 0.3) is 0 Å². The number of rotatable bonds is 5. The molecule has 1 saturated carbocycles. The van der Waals surface area contributed by atoms with Gasteiger partial charge in [-0.2, -0.15) is 8.42 Å². The number of esters is 1. The molecule has 1 aromatic carbocycles. The number of sulfonamides is 1. The molecule has 0 aromatic heterocycles. The number of fused-ring (bicyclic) bond motifs is 1. The first-order chi connectivity index (χ1) is 13.8. The van der Waals surface area contributed by atoms with Gasteiger partial charge in [0.1, 0.15) is 11.4 Å². The molecule has 0 radical (unpaired) electrons. The molecule has 3 rings (SSSR count). The van der Waals surface area contributed by atoms with E-state index < -0.39 is 22.1 Å². The van der Waals surface area contributed by atoms with Crippen LogP contribution < -0.4 is 5.32 Å². The highest BCUT2D eigenvalue weighted by molar-refractivity contribution is 7.90.